The summed E-state index contributed by atoms with van der Waals surface area (Å²) in [6, 6.07) is 15.8. The Morgan fingerprint density at radius 1 is 0.897 bits per heavy atom. The van der Waals surface area contributed by atoms with E-state index in [9.17, 15) is 4.79 Å². The molecule has 0 spiro atoms. The van der Waals surface area contributed by atoms with Gasteiger partial charge in [0.05, 0.1) is 19.8 Å². The van der Waals surface area contributed by atoms with Crippen LogP contribution in [-0.4, -0.2) is 56.2 Å². The SMILES string of the molecule is COc1cc(OC)cc(N2CCN(C(=O)c3c[nH]cc3-c3ccccc3)CC2)c1. The zero-order valence-corrected chi connectivity index (χ0v) is 16.7. The maximum Gasteiger partial charge on any atom is 0.256 e. The normalized spacial score (nSPS) is 14.0. The number of hydrogen-bond acceptors (Lipinski definition) is 4. The van der Waals surface area contributed by atoms with Crippen molar-refractivity contribution in [2.24, 2.45) is 0 Å². The molecule has 1 amide bonds. The van der Waals surface area contributed by atoms with E-state index in [1.54, 1.807) is 20.4 Å². The highest BCUT2D eigenvalue weighted by atomic mass is 16.5. The van der Waals surface area contributed by atoms with Gasteiger partial charge in [0.1, 0.15) is 11.5 Å². The largest absolute Gasteiger partial charge is 0.497 e. The topological polar surface area (TPSA) is 57.8 Å². The van der Waals surface area contributed by atoms with E-state index in [2.05, 4.69) is 9.88 Å². The second-order valence-electron chi connectivity index (χ2n) is 7.00. The van der Waals surface area contributed by atoms with E-state index in [0.717, 1.165) is 41.4 Å². The molecule has 29 heavy (non-hydrogen) atoms. The Morgan fingerprint density at radius 3 is 2.17 bits per heavy atom. The summed E-state index contributed by atoms with van der Waals surface area (Å²) in [6.45, 7) is 2.84. The number of benzene rings is 2. The van der Waals surface area contributed by atoms with Crippen molar-refractivity contribution < 1.29 is 14.3 Å². The number of aromatic amines is 1. The van der Waals surface area contributed by atoms with E-state index in [-0.39, 0.29) is 5.91 Å². The van der Waals surface area contributed by atoms with Crippen LogP contribution in [0.25, 0.3) is 11.1 Å². The van der Waals surface area contributed by atoms with Gasteiger partial charge >= 0.3 is 0 Å². The van der Waals surface area contributed by atoms with Gasteiger partial charge in [-0.1, -0.05) is 30.3 Å². The third-order valence-electron chi connectivity index (χ3n) is 5.33. The van der Waals surface area contributed by atoms with Crippen LogP contribution in [0, 0.1) is 0 Å². The molecular formula is C23H25N3O3. The Hall–Kier alpha value is -3.41. The van der Waals surface area contributed by atoms with Crippen LogP contribution >= 0.6 is 0 Å². The maximum absolute atomic E-state index is 13.1. The number of ether oxygens (including phenoxy) is 2. The number of H-pyrrole nitrogens is 1. The molecule has 0 saturated carbocycles. The van der Waals surface area contributed by atoms with E-state index < -0.39 is 0 Å². The fourth-order valence-corrected chi connectivity index (χ4v) is 3.71. The van der Waals surface area contributed by atoms with Crippen LogP contribution in [0.2, 0.25) is 0 Å². The lowest BCUT2D eigenvalue weighted by atomic mass is 10.0. The predicted octanol–water partition coefficient (Wildman–Crippen LogP) is 3.66. The van der Waals surface area contributed by atoms with Crippen molar-refractivity contribution in [2.45, 2.75) is 0 Å². The number of hydrogen-bond donors (Lipinski definition) is 1. The third-order valence-corrected chi connectivity index (χ3v) is 5.33. The summed E-state index contributed by atoms with van der Waals surface area (Å²) in [5.41, 5.74) is 3.74. The minimum Gasteiger partial charge on any atom is -0.497 e. The second kappa shape index (κ2) is 8.31. The molecule has 0 bridgehead atoms. The minimum atomic E-state index is 0.0629. The van der Waals surface area contributed by atoms with Crippen molar-refractivity contribution in [2.75, 3.05) is 45.3 Å². The Morgan fingerprint density at radius 2 is 1.55 bits per heavy atom. The summed E-state index contributed by atoms with van der Waals surface area (Å²) in [4.78, 5) is 20.4. The highest BCUT2D eigenvalue weighted by Gasteiger charge is 2.25. The molecule has 4 rings (SSSR count). The van der Waals surface area contributed by atoms with Gasteiger partial charge in [0, 0.05) is 68.0 Å². The average Bonchev–Trinajstić information content (AvgIpc) is 3.29. The first-order valence-corrected chi connectivity index (χ1v) is 9.69. The molecule has 0 radical (unpaired) electrons. The van der Waals surface area contributed by atoms with Crippen LogP contribution in [0.1, 0.15) is 10.4 Å². The van der Waals surface area contributed by atoms with Gasteiger partial charge in [-0.15, -0.1) is 0 Å². The lowest BCUT2D eigenvalue weighted by Gasteiger charge is -2.36. The summed E-state index contributed by atoms with van der Waals surface area (Å²) < 4.78 is 10.8. The number of methoxy groups -OCH3 is 2. The highest BCUT2D eigenvalue weighted by molar-refractivity contribution is 6.00. The van der Waals surface area contributed by atoms with E-state index in [0.29, 0.717) is 18.7 Å². The molecule has 6 nitrogen and oxygen atoms in total. The number of amides is 1. The Balaban J connectivity index is 1.47. The first kappa shape index (κ1) is 18.9. The van der Waals surface area contributed by atoms with Crippen molar-refractivity contribution >= 4 is 11.6 Å². The number of aromatic nitrogens is 1. The van der Waals surface area contributed by atoms with Crippen molar-refractivity contribution in [3.8, 4) is 22.6 Å². The molecule has 150 valence electrons. The van der Waals surface area contributed by atoms with E-state index >= 15 is 0 Å². The lowest BCUT2D eigenvalue weighted by molar-refractivity contribution is 0.0747. The molecule has 1 aliphatic rings. The summed E-state index contributed by atoms with van der Waals surface area (Å²) in [7, 11) is 3.30. The van der Waals surface area contributed by atoms with Crippen LogP contribution in [0.4, 0.5) is 5.69 Å². The van der Waals surface area contributed by atoms with Gasteiger partial charge in [0.2, 0.25) is 0 Å². The van der Waals surface area contributed by atoms with Gasteiger partial charge in [0.25, 0.3) is 5.91 Å². The third kappa shape index (κ3) is 3.92. The van der Waals surface area contributed by atoms with Gasteiger partial charge in [-0.3, -0.25) is 4.79 Å². The monoisotopic (exact) mass is 391 g/mol. The molecule has 1 fully saturated rings. The smallest absolute Gasteiger partial charge is 0.256 e. The van der Waals surface area contributed by atoms with Crippen molar-refractivity contribution in [3.63, 3.8) is 0 Å². The van der Waals surface area contributed by atoms with Crippen LogP contribution in [0.5, 0.6) is 11.5 Å². The number of carbonyl (C=O) groups is 1. The summed E-state index contributed by atoms with van der Waals surface area (Å²) in [5, 5.41) is 0. The van der Waals surface area contributed by atoms with Gasteiger partial charge in [-0.05, 0) is 5.56 Å². The van der Waals surface area contributed by atoms with Gasteiger partial charge < -0.3 is 24.3 Å². The first-order chi connectivity index (χ1) is 14.2. The molecule has 1 aromatic heterocycles. The quantitative estimate of drug-likeness (QED) is 0.721. The van der Waals surface area contributed by atoms with Crippen LogP contribution in [0.3, 0.4) is 0 Å². The molecule has 1 saturated heterocycles. The molecular weight excluding hydrogens is 366 g/mol. The number of carbonyl (C=O) groups excluding carboxylic acids is 1. The summed E-state index contributed by atoms with van der Waals surface area (Å²) >= 11 is 0. The zero-order chi connectivity index (χ0) is 20.2. The lowest BCUT2D eigenvalue weighted by Crippen LogP contribution is -2.48. The number of nitrogens with zero attached hydrogens (tertiary/aromatic N) is 2. The Kier molecular flexibility index (Phi) is 5.42. The number of anilines is 1. The zero-order valence-electron chi connectivity index (χ0n) is 16.7. The number of rotatable bonds is 5. The van der Waals surface area contributed by atoms with Crippen LogP contribution in [0.15, 0.2) is 60.9 Å². The molecule has 2 heterocycles. The average molecular weight is 391 g/mol. The molecule has 1 aliphatic heterocycles. The molecule has 0 unspecified atom stereocenters. The fraction of sp³-hybridized carbons (Fsp3) is 0.261. The Bertz CT molecular complexity index is 954. The second-order valence-corrected chi connectivity index (χ2v) is 7.00. The molecule has 1 N–H and O–H groups in total. The van der Waals surface area contributed by atoms with E-state index in [1.807, 2.05) is 59.6 Å². The van der Waals surface area contributed by atoms with Gasteiger partial charge in [0.15, 0.2) is 0 Å². The van der Waals surface area contributed by atoms with Crippen LogP contribution < -0.4 is 14.4 Å². The van der Waals surface area contributed by atoms with Crippen molar-refractivity contribution in [1.29, 1.82) is 0 Å². The fourth-order valence-electron chi connectivity index (χ4n) is 3.71. The molecule has 6 heteroatoms. The maximum atomic E-state index is 13.1. The highest BCUT2D eigenvalue weighted by Crippen LogP contribution is 2.30. The van der Waals surface area contributed by atoms with E-state index in [1.165, 1.54) is 0 Å². The number of nitrogens with one attached hydrogen (secondary N) is 1. The van der Waals surface area contributed by atoms with Crippen molar-refractivity contribution in [1.82, 2.24) is 9.88 Å². The van der Waals surface area contributed by atoms with Crippen molar-refractivity contribution in [3.05, 3.63) is 66.5 Å². The molecule has 0 atom stereocenters. The molecule has 0 aliphatic carbocycles. The number of piperazine rings is 1. The summed E-state index contributed by atoms with van der Waals surface area (Å²) in [5.74, 6) is 1.59. The van der Waals surface area contributed by atoms with E-state index in [4.69, 9.17) is 9.47 Å². The standard InChI is InChI=1S/C23H25N3O3/c1-28-19-12-18(13-20(14-19)29-2)25-8-10-26(11-9-25)23(27)22-16-24-15-21(22)17-6-4-3-5-7-17/h3-7,12-16,24H,8-11H2,1-2H3. The first-order valence-electron chi connectivity index (χ1n) is 9.69. The predicted molar refractivity (Wildman–Crippen MR) is 114 cm³/mol. The minimum absolute atomic E-state index is 0.0629. The van der Waals surface area contributed by atoms with Crippen LogP contribution in [-0.2, 0) is 0 Å². The summed E-state index contributed by atoms with van der Waals surface area (Å²) in [6.07, 6.45) is 3.69. The Labute approximate surface area is 170 Å². The van der Waals surface area contributed by atoms with Gasteiger partial charge in [-0.25, -0.2) is 0 Å². The molecule has 3 aromatic rings. The molecule has 2 aromatic carbocycles. The van der Waals surface area contributed by atoms with Gasteiger partial charge in [-0.2, -0.15) is 0 Å².